The summed E-state index contributed by atoms with van der Waals surface area (Å²) < 4.78 is 1.93. The minimum absolute atomic E-state index is 0.145. The summed E-state index contributed by atoms with van der Waals surface area (Å²) in [5.74, 6) is 1.44. The van der Waals surface area contributed by atoms with Crippen LogP contribution in [0.3, 0.4) is 0 Å². The Morgan fingerprint density at radius 3 is 3.04 bits per heavy atom. The van der Waals surface area contributed by atoms with Gasteiger partial charge in [-0.1, -0.05) is 12.1 Å². The van der Waals surface area contributed by atoms with Crippen LogP contribution < -0.4 is 0 Å². The van der Waals surface area contributed by atoms with Gasteiger partial charge >= 0.3 is 0 Å². The van der Waals surface area contributed by atoms with Gasteiger partial charge in [0.2, 0.25) is 5.91 Å². The van der Waals surface area contributed by atoms with E-state index in [4.69, 9.17) is 0 Å². The number of H-pyrrole nitrogens is 1. The minimum atomic E-state index is 0.145. The highest BCUT2D eigenvalue weighted by molar-refractivity contribution is 5.80. The van der Waals surface area contributed by atoms with Crippen LogP contribution in [0.5, 0.6) is 0 Å². The standard InChI is InChI=1S/C18H21N5O/c1-13-9-19-18(21-13)14-5-4-8-22(10-14)17(24)11-23-12-20-15-6-2-3-7-16(15)23/h2-3,6-7,9,12,14H,4-5,8,10-11H2,1H3,(H,19,21)/t14-/m0/s1. The molecule has 1 amide bonds. The SMILES string of the molecule is Cc1cnc([C@H]2CCCN(C(=O)Cn3cnc4ccccc43)C2)[nH]1. The number of likely N-dealkylation sites (tertiary alicyclic amines) is 1. The summed E-state index contributed by atoms with van der Waals surface area (Å²) in [6, 6.07) is 7.90. The first-order valence-electron chi connectivity index (χ1n) is 8.40. The highest BCUT2D eigenvalue weighted by atomic mass is 16.2. The summed E-state index contributed by atoms with van der Waals surface area (Å²) >= 11 is 0. The van der Waals surface area contributed by atoms with Crippen molar-refractivity contribution < 1.29 is 4.79 Å². The number of hydrogen-bond donors (Lipinski definition) is 1. The van der Waals surface area contributed by atoms with Crippen molar-refractivity contribution >= 4 is 16.9 Å². The molecule has 0 bridgehead atoms. The van der Waals surface area contributed by atoms with Crippen molar-refractivity contribution in [3.05, 3.63) is 48.3 Å². The number of hydrogen-bond acceptors (Lipinski definition) is 3. The maximum absolute atomic E-state index is 12.7. The fraction of sp³-hybridized carbons (Fsp3) is 0.389. The van der Waals surface area contributed by atoms with Gasteiger partial charge in [-0.3, -0.25) is 4.79 Å². The van der Waals surface area contributed by atoms with E-state index in [0.717, 1.165) is 48.5 Å². The molecule has 6 nitrogen and oxygen atoms in total. The van der Waals surface area contributed by atoms with Crippen molar-refractivity contribution in [2.75, 3.05) is 13.1 Å². The molecule has 1 saturated heterocycles. The van der Waals surface area contributed by atoms with Crippen LogP contribution in [0.25, 0.3) is 11.0 Å². The van der Waals surface area contributed by atoms with Crippen molar-refractivity contribution in [1.29, 1.82) is 0 Å². The first kappa shape index (κ1) is 14.9. The summed E-state index contributed by atoms with van der Waals surface area (Å²) in [6.45, 7) is 3.90. The number of benzene rings is 1. The molecule has 1 N–H and O–H groups in total. The summed E-state index contributed by atoms with van der Waals surface area (Å²) in [7, 11) is 0. The van der Waals surface area contributed by atoms with E-state index >= 15 is 0 Å². The van der Waals surface area contributed by atoms with Crippen molar-refractivity contribution in [2.45, 2.75) is 32.2 Å². The molecule has 0 aliphatic carbocycles. The summed E-state index contributed by atoms with van der Waals surface area (Å²) in [6.07, 6.45) is 5.69. The van der Waals surface area contributed by atoms with Gasteiger partial charge in [0.25, 0.3) is 0 Å². The van der Waals surface area contributed by atoms with Crippen LogP contribution in [-0.4, -0.2) is 43.4 Å². The maximum Gasteiger partial charge on any atom is 0.242 e. The molecule has 0 spiro atoms. The maximum atomic E-state index is 12.7. The van der Waals surface area contributed by atoms with E-state index in [0.29, 0.717) is 12.5 Å². The number of rotatable bonds is 3. The zero-order chi connectivity index (χ0) is 16.5. The molecule has 0 unspecified atom stereocenters. The minimum Gasteiger partial charge on any atom is -0.346 e. The second-order valence-electron chi connectivity index (χ2n) is 6.49. The molecule has 1 aromatic carbocycles. The molecule has 1 atom stereocenters. The normalized spacial score (nSPS) is 18.2. The number of aromatic amines is 1. The number of amides is 1. The van der Waals surface area contributed by atoms with E-state index in [1.165, 1.54) is 0 Å². The Hall–Kier alpha value is -2.63. The smallest absolute Gasteiger partial charge is 0.242 e. The number of para-hydroxylation sites is 2. The van der Waals surface area contributed by atoms with Gasteiger partial charge in [-0.25, -0.2) is 9.97 Å². The number of imidazole rings is 2. The Balaban J connectivity index is 1.48. The number of aromatic nitrogens is 4. The Morgan fingerprint density at radius 1 is 1.33 bits per heavy atom. The van der Waals surface area contributed by atoms with Gasteiger partial charge in [0.05, 0.1) is 17.4 Å². The van der Waals surface area contributed by atoms with Gasteiger partial charge in [-0.05, 0) is 31.9 Å². The van der Waals surface area contributed by atoms with Crippen LogP contribution in [0.4, 0.5) is 0 Å². The lowest BCUT2D eigenvalue weighted by molar-refractivity contribution is -0.133. The molecule has 3 heterocycles. The Morgan fingerprint density at radius 2 is 2.21 bits per heavy atom. The lowest BCUT2D eigenvalue weighted by Crippen LogP contribution is -2.41. The summed E-state index contributed by atoms with van der Waals surface area (Å²) in [5.41, 5.74) is 2.99. The molecule has 1 aliphatic rings. The molecule has 1 aliphatic heterocycles. The first-order chi connectivity index (χ1) is 11.7. The van der Waals surface area contributed by atoms with E-state index < -0.39 is 0 Å². The molecule has 4 rings (SSSR count). The predicted octanol–water partition coefficient (Wildman–Crippen LogP) is 2.47. The van der Waals surface area contributed by atoms with Crippen LogP contribution in [0.15, 0.2) is 36.8 Å². The molecular formula is C18H21N5O. The second-order valence-corrected chi connectivity index (χ2v) is 6.49. The lowest BCUT2D eigenvalue weighted by atomic mass is 9.97. The molecule has 24 heavy (non-hydrogen) atoms. The van der Waals surface area contributed by atoms with Crippen molar-refractivity contribution in [1.82, 2.24) is 24.4 Å². The highest BCUT2D eigenvalue weighted by Gasteiger charge is 2.26. The summed E-state index contributed by atoms with van der Waals surface area (Å²) in [5, 5.41) is 0. The average molecular weight is 323 g/mol. The first-order valence-corrected chi connectivity index (χ1v) is 8.40. The number of nitrogens with zero attached hydrogens (tertiary/aromatic N) is 4. The highest BCUT2D eigenvalue weighted by Crippen LogP contribution is 2.25. The molecule has 0 radical (unpaired) electrons. The van der Waals surface area contributed by atoms with E-state index in [1.807, 2.05) is 46.9 Å². The van der Waals surface area contributed by atoms with Gasteiger partial charge < -0.3 is 14.5 Å². The fourth-order valence-electron chi connectivity index (χ4n) is 3.45. The van der Waals surface area contributed by atoms with E-state index in [-0.39, 0.29) is 5.91 Å². The third kappa shape index (κ3) is 2.79. The van der Waals surface area contributed by atoms with Gasteiger partial charge in [0, 0.05) is 30.9 Å². The van der Waals surface area contributed by atoms with Gasteiger partial charge in [-0.2, -0.15) is 0 Å². The topological polar surface area (TPSA) is 66.8 Å². The Kier molecular flexibility index (Phi) is 3.80. The van der Waals surface area contributed by atoms with Crippen molar-refractivity contribution in [2.24, 2.45) is 0 Å². The predicted molar refractivity (Wildman–Crippen MR) is 91.6 cm³/mol. The average Bonchev–Trinajstić information content (AvgIpc) is 3.22. The van der Waals surface area contributed by atoms with Crippen LogP contribution in [-0.2, 0) is 11.3 Å². The number of carbonyl (C=O) groups is 1. The summed E-state index contributed by atoms with van der Waals surface area (Å²) in [4.78, 5) is 26.8. The lowest BCUT2D eigenvalue weighted by Gasteiger charge is -2.32. The third-order valence-electron chi connectivity index (χ3n) is 4.72. The molecule has 3 aromatic rings. The van der Waals surface area contributed by atoms with Crippen LogP contribution >= 0.6 is 0 Å². The molecule has 2 aromatic heterocycles. The van der Waals surface area contributed by atoms with Crippen LogP contribution in [0, 0.1) is 6.92 Å². The Bertz CT molecular complexity index is 865. The zero-order valence-corrected chi connectivity index (χ0v) is 13.8. The van der Waals surface area contributed by atoms with E-state index in [1.54, 1.807) is 6.33 Å². The molecule has 124 valence electrons. The largest absolute Gasteiger partial charge is 0.346 e. The fourth-order valence-corrected chi connectivity index (χ4v) is 3.45. The number of aryl methyl sites for hydroxylation is 1. The zero-order valence-electron chi connectivity index (χ0n) is 13.8. The van der Waals surface area contributed by atoms with Gasteiger partial charge in [0.1, 0.15) is 12.4 Å². The van der Waals surface area contributed by atoms with Crippen LogP contribution in [0.2, 0.25) is 0 Å². The quantitative estimate of drug-likeness (QED) is 0.805. The number of fused-ring (bicyclic) bond motifs is 1. The van der Waals surface area contributed by atoms with E-state index in [2.05, 4.69) is 15.0 Å². The van der Waals surface area contributed by atoms with Gasteiger partial charge in [0.15, 0.2) is 0 Å². The second kappa shape index (κ2) is 6.11. The monoisotopic (exact) mass is 323 g/mol. The molecule has 6 heteroatoms. The molecule has 1 fully saturated rings. The van der Waals surface area contributed by atoms with Crippen LogP contribution in [0.1, 0.15) is 30.3 Å². The van der Waals surface area contributed by atoms with E-state index in [9.17, 15) is 4.79 Å². The van der Waals surface area contributed by atoms with Gasteiger partial charge in [-0.15, -0.1) is 0 Å². The van der Waals surface area contributed by atoms with Crippen molar-refractivity contribution in [3.63, 3.8) is 0 Å². The van der Waals surface area contributed by atoms with Crippen molar-refractivity contribution in [3.8, 4) is 0 Å². The number of nitrogens with one attached hydrogen (secondary N) is 1. The number of piperidine rings is 1. The molecule has 0 saturated carbocycles. The Labute approximate surface area is 140 Å². The third-order valence-corrected chi connectivity index (χ3v) is 4.72. The molecular weight excluding hydrogens is 302 g/mol. The number of carbonyl (C=O) groups excluding carboxylic acids is 1.